The van der Waals surface area contributed by atoms with Crippen molar-refractivity contribution in [3.63, 3.8) is 0 Å². The van der Waals surface area contributed by atoms with Crippen molar-refractivity contribution < 1.29 is 9.84 Å². The van der Waals surface area contributed by atoms with Crippen LogP contribution in [0.3, 0.4) is 0 Å². The van der Waals surface area contributed by atoms with Crippen molar-refractivity contribution >= 4 is 0 Å². The molecule has 1 rings (SSSR count). The molecule has 1 fully saturated rings. The highest BCUT2D eigenvalue weighted by Gasteiger charge is 2.23. The maximum atomic E-state index is 8.87. The van der Waals surface area contributed by atoms with E-state index in [1.165, 1.54) is 0 Å². The molecule has 0 amide bonds. The summed E-state index contributed by atoms with van der Waals surface area (Å²) in [7, 11) is 1.69. The van der Waals surface area contributed by atoms with Crippen molar-refractivity contribution in [3.05, 3.63) is 0 Å². The van der Waals surface area contributed by atoms with Gasteiger partial charge in [-0.25, -0.2) is 0 Å². The Morgan fingerprint density at radius 3 is 2.86 bits per heavy atom. The highest BCUT2D eigenvalue weighted by Crippen LogP contribution is 2.17. The van der Waals surface area contributed by atoms with Gasteiger partial charge in [-0.15, -0.1) is 0 Å². The zero-order chi connectivity index (χ0) is 10.4. The molecule has 3 unspecified atom stereocenters. The lowest BCUT2D eigenvalue weighted by Crippen LogP contribution is -2.41. The van der Waals surface area contributed by atoms with Gasteiger partial charge < -0.3 is 20.9 Å². The number of aliphatic hydroxyl groups is 1. The maximum Gasteiger partial charge on any atom is 0.0616 e. The zero-order valence-electron chi connectivity index (χ0n) is 8.91. The van der Waals surface area contributed by atoms with Crippen LogP contribution in [0.5, 0.6) is 0 Å². The molecule has 4 heteroatoms. The summed E-state index contributed by atoms with van der Waals surface area (Å²) in [6, 6.07) is 1.13. The van der Waals surface area contributed by atoms with Crippen LogP contribution in [0.1, 0.15) is 25.7 Å². The van der Waals surface area contributed by atoms with Crippen molar-refractivity contribution in [1.29, 1.82) is 0 Å². The van der Waals surface area contributed by atoms with Crippen LogP contribution < -0.4 is 11.1 Å². The van der Waals surface area contributed by atoms with E-state index in [4.69, 9.17) is 15.6 Å². The summed E-state index contributed by atoms with van der Waals surface area (Å²) in [5, 5.41) is 12.4. The molecule has 0 saturated heterocycles. The van der Waals surface area contributed by atoms with E-state index in [1.807, 2.05) is 0 Å². The van der Waals surface area contributed by atoms with Crippen LogP contribution in [0, 0.1) is 0 Å². The third-order valence-corrected chi connectivity index (χ3v) is 2.79. The Bertz CT molecular complexity index is 149. The Kier molecular flexibility index (Phi) is 5.40. The Morgan fingerprint density at radius 2 is 2.36 bits per heavy atom. The molecule has 0 heterocycles. The molecule has 4 N–H and O–H groups in total. The summed E-state index contributed by atoms with van der Waals surface area (Å²) in [5.74, 6) is 0. The molecule has 0 aromatic carbocycles. The van der Waals surface area contributed by atoms with Gasteiger partial charge >= 0.3 is 0 Å². The Hall–Kier alpha value is -0.160. The van der Waals surface area contributed by atoms with Gasteiger partial charge in [0.25, 0.3) is 0 Å². The first-order chi connectivity index (χ1) is 6.76. The molecule has 1 aliphatic carbocycles. The van der Waals surface area contributed by atoms with E-state index in [1.54, 1.807) is 7.11 Å². The van der Waals surface area contributed by atoms with Crippen LogP contribution in [0.15, 0.2) is 0 Å². The molecule has 3 atom stereocenters. The fourth-order valence-corrected chi connectivity index (χ4v) is 2.07. The van der Waals surface area contributed by atoms with Gasteiger partial charge in [0, 0.05) is 31.8 Å². The van der Waals surface area contributed by atoms with Crippen molar-refractivity contribution in [1.82, 2.24) is 5.32 Å². The van der Waals surface area contributed by atoms with Gasteiger partial charge in [-0.3, -0.25) is 0 Å². The number of nitrogens with two attached hydrogens (primary N) is 1. The summed E-state index contributed by atoms with van der Waals surface area (Å²) in [6.45, 7) is 0.867. The van der Waals surface area contributed by atoms with E-state index in [2.05, 4.69) is 5.32 Å². The molecular formula is C10H22N2O2. The van der Waals surface area contributed by atoms with E-state index in [9.17, 15) is 0 Å². The number of ether oxygens (including phenoxy) is 1. The van der Waals surface area contributed by atoms with Gasteiger partial charge in [0.15, 0.2) is 0 Å². The Morgan fingerprint density at radius 1 is 1.57 bits per heavy atom. The molecule has 84 valence electrons. The third-order valence-electron chi connectivity index (χ3n) is 2.79. The molecular weight excluding hydrogens is 180 g/mol. The van der Waals surface area contributed by atoms with Gasteiger partial charge in [0.2, 0.25) is 0 Å². The van der Waals surface area contributed by atoms with E-state index in [-0.39, 0.29) is 12.6 Å². The quantitative estimate of drug-likeness (QED) is 0.560. The molecule has 0 aromatic rings. The van der Waals surface area contributed by atoms with Gasteiger partial charge in [-0.2, -0.15) is 0 Å². The predicted molar refractivity (Wildman–Crippen MR) is 56.1 cm³/mol. The first kappa shape index (κ1) is 11.9. The third kappa shape index (κ3) is 3.92. The van der Waals surface area contributed by atoms with Crippen LogP contribution in [0.25, 0.3) is 0 Å². The molecule has 0 bridgehead atoms. The molecule has 0 spiro atoms. The zero-order valence-corrected chi connectivity index (χ0v) is 8.91. The highest BCUT2D eigenvalue weighted by atomic mass is 16.5. The standard InChI is InChI=1S/C10H22N2O2/c1-14-7-10(4-5-13)12-9-3-2-8(11)6-9/h8-10,12-13H,2-7,11H2,1H3. The summed E-state index contributed by atoms with van der Waals surface area (Å²) >= 11 is 0. The minimum Gasteiger partial charge on any atom is -0.396 e. The first-order valence-electron chi connectivity index (χ1n) is 5.37. The van der Waals surface area contributed by atoms with Gasteiger partial charge in [0.05, 0.1) is 6.61 Å². The lowest BCUT2D eigenvalue weighted by atomic mass is 10.1. The molecule has 4 nitrogen and oxygen atoms in total. The molecule has 14 heavy (non-hydrogen) atoms. The number of hydrogen-bond acceptors (Lipinski definition) is 4. The van der Waals surface area contributed by atoms with Crippen molar-refractivity contribution in [2.45, 2.75) is 43.8 Å². The Balaban J connectivity index is 2.24. The van der Waals surface area contributed by atoms with Crippen LogP contribution in [0.2, 0.25) is 0 Å². The highest BCUT2D eigenvalue weighted by molar-refractivity contribution is 4.85. The van der Waals surface area contributed by atoms with Gasteiger partial charge in [0.1, 0.15) is 0 Å². The summed E-state index contributed by atoms with van der Waals surface area (Å²) < 4.78 is 5.09. The van der Waals surface area contributed by atoms with Crippen LogP contribution in [0.4, 0.5) is 0 Å². The SMILES string of the molecule is COCC(CCO)NC1CCC(N)C1. The van der Waals surface area contributed by atoms with E-state index < -0.39 is 0 Å². The second-order valence-electron chi connectivity index (χ2n) is 4.10. The normalized spacial score (nSPS) is 29.4. The van der Waals surface area contributed by atoms with Crippen molar-refractivity contribution in [3.8, 4) is 0 Å². The summed E-state index contributed by atoms with van der Waals surface area (Å²) in [6.07, 6.45) is 4.05. The number of nitrogens with one attached hydrogen (secondary N) is 1. The van der Waals surface area contributed by atoms with Crippen LogP contribution in [-0.4, -0.2) is 43.6 Å². The number of hydrogen-bond donors (Lipinski definition) is 3. The molecule has 0 aromatic heterocycles. The van der Waals surface area contributed by atoms with Gasteiger partial charge in [-0.1, -0.05) is 0 Å². The Labute approximate surface area is 85.8 Å². The second kappa shape index (κ2) is 6.35. The average Bonchev–Trinajstić information content (AvgIpc) is 2.52. The second-order valence-corrected chi connectivity index (χ2v) is 4.10. The average molecular weight is 202 g/mol. The van der Waals surface area contributed by atoms with Crippen LogP contribution >= 0.6 is 0 Å². The molecule has 1 saturated carbocycles. The number of methoxy groups -OCH3 is 1. The number of aliphatic hydroxyl groups excluding tert-OH is 1. The summed E-state index contributed by atoms with van der Waals surface area (Å²) in [4.78, 5) is 0. The van der Waals surface area contributed by atoms with Gasteiger partial charge in [-0.05, 0) is 25.7 Å². The largest absolute Gasteiger partial charge is 0.396 e. The predicted octanol–water partition coefficient (Wildman–Crippen LogP) is -0.147. The number of rotatable bonds is 6. The lowest BCUT2D eigenvalue weighted by Gasteiger charge is -2.21. The minimum atomic E-state index is 0.208. The smallest absolute Gasteiger partial charge is 0.0616 e. The van der Waals surface area contributed by atoms with Crippen LogP contribution in [-0.2, 0) is 4.74 Å². The molecule has 0 radical (unpaired) electrons. The van der Waals surface area contributed by atoms with E-state index >= 15 is 0 Å². The summed E-state index contributed by atoms with van der Waals surface area (Å²) in [5.41, 5.74) is 5.83. The van der Waals surface area contributed by atoms with Crippen molar-refractivity contribution in [2.75, 3.05) is 20.3 Å². The minimum absolute atomic E-state index is 0.208. The fourth-order valence-electron chi connectivity index (χ4n) is 2.07. The monoisotopic (exact) mass is 202 g/mol. The fraction of sp³-hybridized carbons (Fsp3) is 1.00. The first-order valence-corrected chi connectivity index (χ1v) is 5.37. The topological polar surface area (TPSA) is 67.5 Å². The van der Waals surface area contributed by atoms with E-state index in [0.717, 1.165) is 25.7 Å². The van der Waals surface area contributed by atoms with E-state index in [0.29, 0.717) is 18.7 Å². The maximum absolute atomic E-state index is 8.87. The molecule has 0 aliphatic heterocycles. The van der Waals surface area contributed by atoms with Crippen molar-refractivity contribution in [2.24, 2.45) is 5.73 Å². The lowest BCUT2D eigenvalue weighted by molar-refractivity contribution is 0.142. The molecule has 1 aliphatic rings.